The highest BCUT2D eigenvalue weighted by Gasteiger charge is 2.08. The molecule has 19 heavy (non-hydrogen) atoms. The lowest BCUT2D eigenvalue weighted by Gasteiger charge is -2.11. The van der Waals surface area contributed by atoms with E-state index >= 15 is 0 Å². The van der Waals surface area contributed by atoms with E-state index in [9.17, 15) is 0 Å². The first kappa shape index (κ1) is 14.1. The minimum atomic E-state index is 0.349. The number of methoxy groups -OCH3 is 1. The van der Waals surface area contributed by atoms with Crippen molar-refractivity contribution in [2.24, 2.45) is 0 Å². The van der Waals surface area contributed by atoms with Crippen LogP contribution in [0.1, 0.15) is 11.4 Å². The van der Waals surface area contributed by atoms with Gasteiger partial charge < -0.3 is 10.1 Å². The molecule has 0 fully saturated rings. The Morgan fingerprint density at radius 3 is 2.53 bits per heavy atom. The van der Waals surface area contributed by atoms with Gasteiger partial charge in [0.15, 0.2) is 11.0 Å². The number of aryl methyl sites for hydroxylation is 2. The molecule has 0 aliphatic heterocycles. The number of ether oxygens (including phenoxy) is 1. The predicted molar refractivity (Wildman–Crippen MR) is 80.5 cm³/mol. The smallest absolute Gasteiger partial charge is 0.172 e. The van der Waals surface area contributed by atoms with Crippen molar-refractivity contribution in [2.45, 2.75) is 13.8 Å². The van der Waals surface area contributed by atoms with Gasteiger partial charge in [-0.2, -0.15) is 0 Å². The van der Waals surface area contributed by atoms with E-state index in [4.69, 9.17) is 16.3 Å². The molecule has 0 saturated heterocycles. The Hall–Kier alpha value is -1.33. The van der Waals surface area contributed by atoms with E-state index in [0.29, 0.717) is 11.0 Å². The van der Waals surface area contributed by atoms with Crippen LogP contribution >= 0.6 is 27.5 Å². The normalized spacial score (nSPS) is 10.4. The number of halogens is 2. The summed E-state index contributed by atoms with van der Waals surface area (Å²) in [6, 6.07) is 5.65. The SMILES string of the molecule is COc1cc(Br)cc(Nc2nc(C)c(C)nc2Cl)c1. The fourth-order valence-electron chi connectivity index (χ4n) is 1.54. The van der Waals surface area contributed by atoms with Crippen molar-refractivity contribution in [3.8, 4) is 5.75 Å². The van der Waals surface area contributed by atoms with E-state index in [1.807, 2.05) is 32.0 Å². The lowest BCUT2D eigenvalue weighted by molar-refractivity contribution is 0.415. The van der Waals surface area contributed by atoms with E-state index in [1.165, 1.54) is 0 Å². The van der Waals surface area contributed by atoms with Gasteiger partial charge in [-0.1, -0.05) is 27.5 Å². The Morgan fingerprint density at radius 2 is 1.84 bits per heavy atom. The second-order valence-electron chi connectivity index (χ2n) is 4.04. The monoisotopic (exact) mass is 341 g/mol. The summed E-state index contributed by atoms with van der Waals surface area (Å²) in [7, 11) is 1.62. The Balaban J connectivity index is 2.36. The van der Waals surface area contributed by atoms with E-state index < -0.39 is 0 Å². The summed E-state index contributed by atoms with van der Waals surface area (Å²) in [5, 5.41) is 3.49. The molecule has 0 spiro atoms. The maximum Gasteiger partial charge on any atom is 0.172 e. The molecule has 1 N–H and O–H groups in total. The standard InChI is InChI=1S/C13H13BrClN3O/c1-7-8(2)17-13(12(15)16-7)18-10-4-9(14)5-11(6-10)19-3/h4-6H,1-3H3,(H,17,18). The van der Waals surface area contributed by atoms with Crippen LogP contribution in [-0.4, -0.2) is 17.1 Å². The van der Waals surface area contributed by atoms with Crippen LogP contribution in [-0.2, 0) is 0 Å². The number of hydrogen-bond donors (Lipinski definition) is 1. The summed E-state index contributed by atoms with van der Waals surface area (Å²) in [5.74, 6) is 1.27. The number of nitrogens with zero attached hydrogens (tertiary/aromatic N) is 2. The van der Waals surface area contributed by atoms with E-state index in [-0.39, 0.29) is 0 Å². The third kappa shape index (κ3) is 3.36. The minimum Gasteiger partial charge on any atom is -0.497 e. The van der Waals surface area contributed by atoms with Crippen molar-refractivity contribution < 1.29 is 4.74 Å². The molecule has 0 bridgehead atoms. The zero-order valence-corrected chi connectivity index (χ0v) is 13.1. The summed E-state index contributed by atoms with van der Waals surface area (Å²) in [6.45, 7) is 3.77. The molecule has 0 amide bonds. The van der Waals surface area contributed by atoms with Crippen molar-refractivity contribution in [2.75, 3.05) is 12.4 Å². The van der Waals surface area contributed by atoms with Crippen molar-refractivity contribution in [3.63, 3.8) is 0 Å². The summed E-state index contributed by atoms with van der Waals surface area (Å²) in [5.41, 5.74) is 2.49. The predicted octanol–water partition coefficient (Wildman–Crippen LogP) is 4.26. The molecule has 4 nitrogen and oxygen atoms in total. The van der Waals surface area contributed by atoms with Crippen molar-refractivity contribution in [1.29, 1.82) is 0 Å². The Labute approximate surface area is 125 Å². The molecule has 2 aromatic rings. The summed E-state index contributed by atoms with van der Waals surface area (Å²) < 4.78 is 6.11. The van der Waals surface area contributed by atoms with Gasteiger partial charge >= 0.3 is 0 Å². The molecule has 0 radical (unpaired) electrons. The number of anilines is 2. The Morgan fingerprint density at radius 1 is 1.16 bits per heavy atom. The highest BCUT2D eigenvalue weighted by molar-refractivity contribution is 9.10. The van der Waals surface area contributed by atoms with Crippen LogP contribution in [0.25, 0.3) is 0 Å². The number of hydrogen-bond acceptors (Lipinski definition) is 4. The Kier molecular flexibility index (Phi) is 4.27. The molecular formula is C13H13BrClN3O. The lowest BCUT2D eigenvalue weighted by Crippen LogP contribution is -2.01. The molecule has 100 valence electrons. The van der Waals surface area contributed by atoms with E-state index in [2.05, 4.69) is 31.2 Å². The lowest BCUT2D eigenvalue weighted by atomic mass is 10.3. The summed E-state index contributed by atoms with van der Waals surface area (Å²) in [6.07, 6.45) is 0. The zero-order chi connectivity index (χ0) is 14.0. The van der Waals surface area contributed by atoms with Gasteiger partial charge in [0, 0.05) is 16.2 Å². The molecule has 1 aromatic heterocycles. The minimum absolute atomic E-state index is 0.349. The third-order valence-electron chi connectivity index (χ3n) is 2.63. The van der Waals surface area contributed by atoms with E-state index in [0.717, 1.165) is 27.3 Å². The van der Waals surface area contributed by atoms with Gasteiger partial charge in [-0.15, -0.1) is 0 Å². The highest BCUT2D eigenvalue weighted by atomic mass is 79.9. The fourth-order valence-corrected chi connectivity index (χ4v) is 2.23. The van der Waals surface area contributed by atoms with Crippen LogP contribution in [0.4, 0.5) is 11.5 Å². The molecule has 0 aliphatic carbocycles. The van der Waals surface area contributed by atoms with Gasteiger partial charge in [-0.25, -0.2) is 9.97 Å². The number of aromatic nitrogens is 2. The topological polar surface area (TPSA) is 47.0 Å². The van der Waals surface area contributed by atoms with Gasteiger partial charge in [-0.05, 0) is 26.0 Å². The third-order valence-corrected chi connectivity index (χ3v) is 3.36. The molecule has 1 aromatic carbocycles. The summed E-state index contributed by atoms with van der Waals surface area (Å²) >= 11 is 9.51. The van der Waals surface area contributed by atoms with Crippen molar-refractivity contribution >= 4 is 39.0 Å². The van der Waals surface area contributed by atoms with E-state index in [1.54, 1.807) is 7.11 Å². The van der Waals surface area contributed by atoms with Crippen LogP contribution in [0.2, 0.25) is 5.15 Å². The van der Waals surface area contributed by atoms with Crippen molar-refractivity contribution in [3.05, 3.63) is 39.2 Å². The first-order valence-electron chi connectivity index (χ1n) is 5.62. The van der Waals surface area contributed by atoms with Crippen LogP contribution in [0, 0.1) is 13.8 Å². The van der Waals surface area contributed by atoms with Crippen molar-refractivity contribution in [1.82, 2.24) is 9.97 Å². The maximum absolute atomic E-state index is 6.09. The summed E-state index contributed by atoms with van der Waals surface area (Å²) in [4.78, 5) is 8.62. The fraction of sp³-hybridized carbons (Fsp3) is 0.231. The molecule has 2 rings (SSSR count). The van der Waals surface area contributed by atoms with Gasteiger partial charge in [0.05, 0.1) is 18.5 Å². The molecule has 0 saturated carbocycles. The second-order valence-corrected chi connectivity index (χ2v) is 5.31. The highest BCUT2D eigenvalue weighted by Crippen LogP contribution is 2.28. The molecular weight excluding hydrogens is 330 g/mol. The first-order chi connectivity index (χ1) is 8.99. The van der Waals surface area contributed by atoms with Gasteiger partial charge in [0.2, 0.25) is 0 Å². The van der Waals surface area contributed by atoms with Gasteiger partial charge in [-0.3, -0.25) is 0 Å². The van der Waals surface area contributed by atoms with Crippen LogP contribution in [0.15, 0.2) is 22.7 Å². The molecule has 0 unspecified atom stereocenters. The largest absolute Gasteiger partial charge is 0.497 e. The molecule has 0 atom stereocenters. The number of nitrogens with one attached hydrogen (secondary N) is 1. The maximum atomic E-state index is 6.09. The number of benzene rings is 1. The van der Waals surface area contributed by atoms with Gasteiger partial charge in [0.25, 0.3) is 0 Å². The van der Waals surface area contributed by atoms with Crippen LogP contribution in [0.5, 0.6) is 5.75 Å². The quantitative estimate of drug-likeness (QED) is 0.905. The zero-order valence-electron chi connectivity index (χ0n) is 10.8. The van der Waals surface area contributed by atoms with Crippen LogP contribution in [0.3, 0.4) is 0 Å². The average Bonchev–Trinajstić information content (AvgIpc) is 2.35. The second kappa shape index (κ2) is 5.75. The molecule has 6 heteroatoms. The Bertz CT molecular complexity index is 619. The number of rotatable bonds is 3. The average molecular weight is 343 g/mol. The first-order valence-corrected chi connectivity index (χ1v) is 6.79. The molecule has 0 aliphatic rings. The molecule has 1 heterocycles. The van der Waals surface area contributed by atoms with Crippen LogP contribution < -0.4 is 10.1 Å². The van der Waals surface area contributed by atoms with Gasteiger partial charge in [0.1, 0.15) is 5.75 Å².